The van der Waals surface area contributed by atoms with E-state index in [2.05, 4.69) is 58.8 Å². The Labute approximate surface area is 150 Å². The van der Waals surface area contributed by atoms with Crippen molar-refractivity contribution in [3.05, 3.63) is 35.5 Å². The molecule has 0 saturated heterocycles. The van der Waals surface area contributed by atoms with Gasteiger partial charge in [0.15, 0.2) is 0 Å². The molecule has 1 aromatic carbocycles. The summed E-state index contributed by atoms with van der Waals surface area (Å²) < 4.78 is 0. The fraction of sp³-hybridized carbons (Fsp3) is 0.550. The molecule has 0 spiro atoms. The van der Waals surface area contributed by atoms with Crippen LogP contribution in [0.5, 0.6) is 0 Å². The number of benzene rings is 1. The number of H-pyrrole nitrogens is 1. The average molecular weight is 342 g/mol. The van der Waals surface area contributed by atoms with Crippen molar-refractivity contribution in [2.24, 2.45) is 5.92 Å². The summed E-state index contributed by atoms with van der Waals surface area (Å²) in [5.74, 6) is 0.656. The fourth-order valence-corrected chi connectivity index (χ4v) is 3.71. The quantitative estimate of drug-likeness (QED) is 0.756. The smallest absolute Gasteiger partial charge is 0.237 e. The first-order chi connectivity index (χ1) is 12.0. The Morgan fingerprint density at radius 2 is 2.16 bits per heavy atom. The SMILES string of the molecule is CC(C)C[C@@H]1N[C@H](C(=O)NCCN(C)C)Cc2c[nH]c3cccc1c23. The largest absolute Gasteiger partial charge is 0.361 e. The minimum absolute atomic E-state index is 0.0952. The molecule has 0 unspecified atom stereocenters. The summed E-state index contributed by atoms with van der Waals surface area (Å²) in [5.41, 5.74) is 3.71. The van der Waals surface area contributed by atoms with Gasteiger partial charge in [-0.25, -0.2) is 0 Å². The molecule has 2 heterocycles. The monoisotopic (exact) mass is 342 g/mol. The molecule has 3 rings (SSSR count). The molecule has 1 aliphatic heterocycles. The Balaban J connectivity index is 1.85. The average Bonchev–Trinajstić information content (AvgIpc) is 2.88. The first-order valence-corrected chi connectivity index (χ1v) is 9.23. The minimum Gasteiger partial charge on any atom is -0.361 e. The van der Waals surface area contributed by atoms with Crippen LogP contribution in [0.25, 0.3) is 10.9 Å². The number of nitrogens with zero attached hydrogens (tertiary/aromatic N) is 1. The Hall–Kier alpha value is -1.85. The number of aromatic amines is 1. The zero-order valence-corrected chi connectivity index (χ0v) is 15.7. The van der Waals surface area contributed by atoms with Crippen LogP contribution in [0, 0.1) is 5.92 Å². The van der Waals surface area contributed by atoms with Crippen LogP contribution in [0.4, 0.5) is 0 Å². The lowest BCUT2D eigenvalue weighted by Gasteiger charge is -2.25. The minimum atomic E-state index is -0.197. The van der Waals surface area contributed by atoms with Gasteiger partial charge in [0.2, 0.25) is 5.91 Å². The number of aromatic nitrogens is 1. The molecule has 0 fully saturated rings. The Morgan fingerprint density at radius 3 is 2.88 bits per heavy atom. The van der Waals surface area contributed by atoms with Gasteiger partial charge in [0, 0.05) is 36.2 Å². The van der Waals surface area contributed by atoms with Gasteiger partial charge in [-0.15, -0.1) is 0 Å². The number of nitrogens with one attached hydrogen (secondary N) is 3. The highest BCUT2D eigenvalue weighted by Crippen LogP contribution is 2.34. The molecule has 0 bridgehead atoms. The molecule has 0 saturated carbocycles. The van der Waals surface area contributed by atoms with Gasteiger partial charge in [-0.1, -0.05) is 26.0 Å². The molecule has 0 radical (unpaired) electrons. The lowest BCUT2D eigenvalue weighted by molar-refractivity contribution is -0.123. The zero-order valence-electron chi connectivity index (χ0n) is 15.7. The third-order valence-corrected chi connectivity index (χ3v) is 4.90. The van der Waals surface area contributed by atoms with Gasteiger partial charge >= 0.3 is 0 Å². The zero-order chi connectivity index (χ0) is 18.0. The van der Waals surface area contributed by atoms with Crippen LogP contribution in [-0.4, -0.2) is 49.0 Å². The number of hydrogen-bond donors (Lipinski definition) is 3. The predicted octanol–water partition coefficient (Wildman–Crippen LogP) is 2.45. The molecule has 5 nitrogen and oxygen atoms in total. The Bertz CT molecular complexity index is 734. The first-order valence-electron chi connectivity index (χ1n) is 9.23. The fourth-order valence-electron chi connectivity index (χ4n) is 3.71. The summed E-state index contributed by atoms with van der Waals surface area (Å²) in [6.45, 7) is 5.99. The van der Waals surface area contributed by atoms with E-state index in [0.29, 0.717) is 12.5 Å². The number of carbonyl (C=O) groups is 1. The Morgan fingerprint density at radius 1 is 1.36 bits per heavy atom. The van der Waals surface area contributed by atoms with Crippen molar-refractivity contribution in [2.75, 3.05) is 27.2 Å². The van der Waals surface area contributed by atoms with Gasteiger partial charge in [0.25, 0.3) is 0 Å². The summed E-state index contributed by atoms with van der Waals surface area (Å²) >= 11 is 0. The molecular formula is C20H30N4O. The lowest BCUT2D eigenvalue weighted by Crippen LogP contribution is -2.47. The highest BCUT2D eigenvalue weighted by atomic mass is 16.2. The summed E-state index contributed by atoms with van der Waals surface area (Å²) in [6.07, 6.45) is 3.80. The second kappa shape index (κ2) is 7.58. The van der Waals surface area contributed by atoms with E-state index in [0.717, 1.165) is 24.9 Å². The van der Waals surface area contributed by atoms with Gasteiger partial charge in [-0.3, -0.25) is 10.1 Å². The highest BCUT2D eigenvalue weighted by molar-refractivity contribution is 5.90. The standard InChI is InChI=1S/C20H30N4O/c1-13(2)10-17-15-6-5-7-16-19(15)14(12-22-16)11-18(23-17)20(25)21-8-9-24(3)4/h5-7,12-13,17-18,22-23H,8-11H2,1-4H3,(H,21,25)/t17-,18-/m0/s1. The van der Waals surface area contributed by atoms with E-state index in [1.165, 1.54) is 16.5 Å². The van der Waals surface area contributed by atoms with Gasteiger partial charge in [0.1, 0.15) is 0 Å². The number of amides is 1. The lowest BCUT2D eigenvalue weighted by atomic mass is 9.94. The third kappa shape index (κ3) is 4.05. The van der Waals surface area contributed by atoms with Crippen molar-refractivity contribution in [3.8, 4) is 0 Å². The van der Waals surface area contributed by atoms with Crippen molar-refractivity contribution >= 4 is 16.8 Å². The van der Waals surface area contributed by atoms with Gasteiger partial charge < -0.3 is 15.2 Å². The predicted molar refractivity (Wildman–Crippen MR) is 103 cm³/mol. The second-order valence-electron chi connectivity index (χ2n) is 7.78. The summed E-state index contributed by atoms with van der Waals surface area (Å²) in [5, 5.41) is 8.02. The molecule has 25 heavy (non-hydrogen) atoms. The van der Waals surface area contributed by atoms with E-state index in [9.17, 15) is 4.79 Å². The molecule has 1 aliphatic rings. The summed E-state index contributed by atoms with van der Waals surface area (Å²) in [7, 11) is 4.03. The maximum absolute atomic E-state index is 12.8. The number of rotatable bonds is 6. The van der Waals surface area contributed by atoms with Crippen LogP contribution in [0.15, 0.2) is 24.4 Å². The van der Waals surface area contributed by atoms with Crippen LogP contribution < -0.4 is 10.6 Å². The molecule has 1 amide bonds. The van der Waals surface area contributed by atoms with Crippen molar-refractivity contribution in [1.29, 1.82) is 0 Å². The number of hydrogen-bond acceptors (Lipinski definition) is 3. The number of likely N-dealkylation sites (N-methyl/N-ethyl adjacent to an activating group) is 1. The van der Waals surface area contributed by atoms with Crippen molar-refractivity contribution in [2.45, 2.75) is 38.8 Å². The Kier molecular flexibility index (Phi) is 5.45. The van der Waals surface area contributed by atoms with Crippen LogP contribution in [0.1, 0.15) is 37.4 Å². The summed E-state index contributed by atoms with van der Waals surface area (Å²) in [6, 6.07) is 6.42. The second-order valence-corrected chi connectivity index (χ2v) is 7.78. The first kappa shape index (κ1) is 18.0. The molecule has 0 aliphatic carbocycles. The van der Waals surface area contributed by atoms with E-state index >= 15 is 0 Å². The molecule has 1 aromatic heterocycles. The molecule has 5 heteroatoms. The van der Waals surface area contributed by atoms with Gasteiger partial charge in [0.05, 0.1) is 6.04 Å². The maximum atomic E-state index is 12.8. The van der Waals surface area contributed by atoms with Crippen LogP contribution in [0.2, 0.25) is 0 Å². The molecule has 2 atom stereocenters. The van der Waals surface area contributed by atoms with E-state index in [-0.39, 0.29) is 18.0 Å². The topological polar surface area (TPSA) is 60.2 Å². The molecule has 3 N–H and O–H groups in total. The van der Waals surface area contributed by atoms with E-state index in [4.69, 9.17) is 0 Å². The molecular weight excluding hydrogens is 312 g/mol. The van der Waals surface area contributed by atoms with Gasteiger partial charge in [-0.2, -0.15) is 0 Å². The van der Waals surface area contributed by atoms with Crippen LogP contribution in [-0.2, 0) is 11.2 Å². The van der Waals surface area contributed by atoms with Crippen molar-refractivity contribution < 1.29 is 4.79 Å². The molecule has 2 aromatic rings. The van der Waals surface area contributed by atoms with E-state index < -0.39 is 0 Å². The van der Waals surface area contributed by atoms with Crippen molar-refractivity contribution in [1.82, 2.24) is 20.5 Å². The van der Waals surface area contributed by atoms with Crippen molar-refractivity contribution in [3.63, 3.8) is 0 Å². The third-order valence-electron chi connectivity index (χ3n) is 4.90. The summed E-state index contributed by atoms with van der Waals surface area (Å²) in [4.78, 5) is 18.2. The normalized spacial score (nSPS) is 20.2. The highest BCUT2D eigenvalue weighted by Gasteiger charge is 2.29. The van der Waals surface area contributed by atoms with Crippen LogP contribution >= 0.6 is 0 Å². The van der Waals surface area contributed by atoms with Gasteiger partial charge in [-0.05, 0) is 50.0 Å². The van der Waals surface area contributed by atoms with E-state index in [1.54, 1.807) is 0 Å². The number of carbonyl (C=O) groups excluding carboxylic acids is 1. The molecule has 136 valence electrons. The maximum Gasteiger partial charge on any atom is 0.237 e. The van der Waals surface area contributed by atoms with Crippen LogP contribution in [0.3, 0.4) is 0 Å². The van der Waals surface area contributed by atoms with E-state index in [1.807, 2.05) is 14.1 Å².